The van der Waals surface area contributed by atoms with Crippen molar-refractivity contribution in [2.75, 3.05) is 10.6 Å². The minimum Gasteiger partial charge on any atom is -0.340 e. The zero-order valence-corrected chi connectivity index (χ0v) is 14.9. The number of hydrogen-bond donors (Lipinski definition) is 3. The number of aryl methyl sites for hydroxylation is 1. The molecular formula is C19H18ClN3O3. The molecule has 1 heterocycles. The third kappa shape index (κ3) is 4.03. The second-order valence-corrected chi connectivity index (χ2v) is 6.54. The Kier molecular flexibility index (Phi) is 5.23. The molecule has 1 aliphatic rings. The molecule has 0 aromatic heterocycles. The number of halogens is 1. The Labute approximate surface area is 155 Å². The molecule has 0 aliphatic carbocycles. The van der Waals surface area contributed by atoms with Crippen LogP contribution in [0.25, 0.3) is 0 Å². The first-order valence-electron chi connectivity index (χ1n) is 8.21. The average molecular weight is 372 g/mol. The van der Waals surface area contributed by atoms with E-state index in [1.807, 2.05) is 13.0 Å². The molecule has 3 amide bonds. The molecule has 0 radical (unpaired) electrons. The Morgan fingerprint density at radius 2 is 1.96 bits per heavy atom. The van der Waals surface area contributed by atoms with Gasteiger partial charge >= 0.3 is 0 Å². The van der Waals surface area contributed by atoms with Gasteiger partial charge in [0.2, 0.25) is 11.8 Å². The quantitative estimate of drug-likeness (QED) is 0.771. The topological polar surface area (TPSA) is 87.3 Å². The maximum atomic E-state index is 12.3. The van der Waals surface area contributed by atoms with Crippen LogP contribution in [-0.4, -0.2) is 23.8 Å². The van der Waals surface area contributed by atoms with E-state index in [9.17, 15) is 14.4 Å². The zero-order valence-electron chi connectivity index (χ0n) is 14.1. The first-order valence-corrected chi connectivity index (χ1v) is 8.58. The molecule has 0 saturated heterocycles. The SMILES string of the molecule is Cc1ccc(Cl)cc1NC(=O)CCC1NC(=O)c2ccccc2NC1=O. The summed E-state index contributed by atoms with van der Waals surface area (Å²) in [5.74, 6) is -0.927. The summed E-state index contributed by atoms with van der Waals surface area (Å²) in [6.45, 7) is 1.86. The number of nitrogens with one attached hydrogen (secondary N) is 3. The molecule has 1 aliphatic heterocycles. The summed E-state index contributed by atoms with van der Waals surface area (Å²) in [6, 6.07) is 11.2. The summed E-state index contributed by atoms with van der Waals surface area (Å²) < 4.78 is 0. The predicted molar refractivity (Wildman–Crippen MR) is 100 cm³/mol. The van der Waals surface area contributed by atoms with Crippen LogP contribution in [0.5, 0.6) is 0 Å². The Morgan fingerprint density at radius 1 is 1.19 bits per heavy atom. The highest BCUT2D eigenvalue weighted by Gasteiger charge is 2.27. The summed E-state index contributed by atoms with van der Waals surface area (Å²) in [5, 5.41) is 8.70. The van der Waals surface area contributed by atoms with Gasteiger partial charge in [-0.1, -0.05) is 29.8 Å². The van der Waals surface area contributed by atoms with Gasteiger partial charge in [-0.15, -0.1) is 0 Å². The van der Waals surface area contributed by atoms with E-state index in [0.29, 0.717) is 22.0 Å². The van der Waals surface area contributed by atoms with Crippen molar-refractivity contribution in [3.05, 3.63) is 58.6 Å². The number of fused-ring (bicyclic) bond motifs is 1. The molecule has 2 aromatic carbocycles. The summed E-state index contributed by atoms with van der Waals surface area (Å²) in [6.07, 6.45) is 0.275. The van der Waals surface area contributed by atoms with Crippen molar-refractivity contribution < 1.29 is 14.4 Å². The molecule has 3 N–H and O–H groups in total. The van der Waals surface area contributed by atoms with Gasteiger partial charge in [0.05, 0.1) is 11.3 Å². The fourth-order valence-electron chi connectivity index (χ4n) is 2.73. The fourth-order valence-corrected chi connectivity index (χ4v) is 2.90. The van der Waals surface area contributed by atoms with Crippen LogP contribution >= 0.6 is 11.6 Å². The summed E-state index contributed by atoms with van der Waals surface area (Å²) in [5.41, 5.74) is 2.39. The van der Waals surface area contributed by atoms with Crippen molar-refractivity contribution >= 4 is 40.7 Å². The first kappa shape index (κ1) is 17.9. The molecule has 0 spiro atoms. The predicted octanol–water partition coefficient (Wildman–Crippen LogP) is 3.12. The number of carbonyl (C=O) groups excluding carboxylic acids is 3. The number of carbonyl (C=O) groups is 3. The van der Waals surface area contributed by atoms with Crippen molar-refractivity contribution in [2.45, 2.75) is 25.8 Å². The van der Waals surface area contributed by atoms with Crippen LogP contribution < -0.4 is 16.0 Å². The third-order valence-corrected chi connectivity index (χ3v) is 4.42. The van der Waals surface area contributed by atoms with Crippen molar-refractivity contribution in [1.82, 2.24) is 5.32 Å². The molecule has 7 heteroatoms. The number of hydrogen-bond acceptors (Lipinski definition) is 3. The largest absolute Gasteiger partial charge is 0.340 e. The fraction of sp³-hybridized carbons (Fsp3) is 0.211. The van der Waals surface area contributed by atoms with Crippen LogP contribution in [0, 0.1) is 6.92 Å². The second kappa shape index (κ2) is 7.58. The van der Waals surface area contributed by atoms with Gasteiger partial charge in [-0.2, -0.15) is 0 Å². The van der Waals surface area contributed by atoms with Crippen molar-refractivity contribution in [3.8, 4) is 0 Å². The van der Waals surface area contributed by atoms with E-state index in [1.54, 1.807) is 36.4 Å². The molecule has 1 unspecified atom stereocenters. The van der Waals surface area contributed by atoms with Gasteiger partial charge in [-0.25, -0.2) is 0 Å². The second-order valence-electron chi connectivity index (χ2n) is 6.11. The Hall–Kier alpha value is -2.86. The monoisotopic (exact) mass is 371 g/mol. The smallest absolute Gasteiger partial charge is 0.254 e. The molecule has 2 aromatic rings. The number of benzene rings is 2. The van der Waals surface area contributed by atoms with Gasteiger partial charge in [0.25, 0.3) is 5.91 Å². The lowest BCUT2D eigenvalue weighted by Gasteiger charge is -2.15. The maximum Gasteiger partial charge on any atom is 0.254 e. The van der Waals surface area contributed by atoms with Crippen LogP contribution in [0.15, 0.2) is 42.5 Å². The normalized spacial score (nSPS) is 16.2. The molecule has 3 rings (SSSR count). The highest BCUT2D eigenvalue weighted by molar-refractivity contribution is 6.31. The highest BCUT2D eigenvalue weighted by atomic mass is 35.5. The summed E-state index contributed by atoms with van der Waals surface area (Å²) in [7, 11) is 0. The van der Waals surface area contributed by atoms with E-state index in [0.717, 1.165) is 5.56 Å². The van der Waals surface area contributed by atoms with Crippen LogP contribution in [0.1, 0.15) is 28.8 Å². The Balaban J connectivity index is 1.62. The highest BCUT2D eigenvalue weighted by Crippen LogP contribution is 2.21. The van der Waals surface area contributed by atoms with Gasteiger partial charge < -0.3 is 16.0 Å². The lowest BCUT2D eigenvalue weighted by molar-refractivity contribution is -0.118. The lowest BCUT2D eigenvalue weighted by atomic mass is 10.1. The Morgan fingerprint density at radius 3 is 2.77 bits per heavy atom. The number of rotatable bonds is 4. The standard InChI is InChI=1S/C19H18ClN3O3/c1-11-6-7-12(20)10-16(11)21-17(24)9-8-15-19(26)22-14-5-3-2-4-13(14)18(25)23-15/h2-7,10,15H,8-9H2,1H3,(H,21,24)(H,22,26)(H,23,25). The third-order valence-electron chi connectivity index (χ3n) is 4.19. The number of anilines is 2. The van der Waals surface area contributed by atoms with E-state index in [1.165, 1.54) is 0 Å². The van der Waals surface area contributed by atoms with E-state index >= 15 is 0 Å². The van der Waals surface area contributed by atoms with Gasteiger partial charge in [-0.05, 0) is 43.2 Å². The van der Waals surface area contributed by atoms with Gasteiger partial charge in [0, 0.05) is 17.1 Å². The summed E-state index contributed by atoms with van der Waals surface area (Å²) in [4.78, 5) is 36.8. The van der Waals surface area contributed by atoms with Gasteiger partial charge in [-0.3, -0.25) is 14.4 Å². The minimum absolute atomic E-state index is 0.0840. The van der Waals surface area contributed by atoms with E-state index in [2.05, 4.69) is 16.0 Å². The Bertz CT molecular complexity index is 882. The average Bonchev–Trinajstić information content (AvgIpc) is 2.73. The van der Waals surface area contributed by atoms with Gasteiger partial charge in [0.1, 0.15) is 6.04 Å². The maximum absolute atomic E-state index is 12.3. The zero-order chi connectivity index (χ0) is 18.7. The van der Waals surface area contributed by atoms with Crippen LogP contribution in [0.3, 0.4) is 0 Å². The summed E-state index contributed by atoms with van der Waals surface area (Å²) >= 11 is 5.94. The van der Waals surface area contributed by atoms with Crippen molar-refractivity contribution in [3.63, 3.8) is 0 Å². The number of amides is 3. The van der Waals surface area contributed by atoms with Gasteiger partial charge in [0.15, 0.2) is 0 Å². The van der Waals surface area contributed by atoms with Crippen molar-refractivity contribution in [1.29, 1.82) is 0 Å². The van der Waals surface area contributed by atoms with Crippen molar-refractivity contribution in [2.24, 2.45) is 0 Å². The number of para-hydroxylation sites is 1. The molecule has 1 atom stereocenters. The van der Waals surface area contributed by atoms with E-state index in [4.69, 9.17) is 11.6 Å². The molecular weight excluding hydrogens is 354 g/mol. The van der Waals surface area contributed by atoms with E-state index < -0.39 is 6.04 Å². The molecule has 6 nitrogen and oxygen atoms in total. The molecule has 134 valence electrons. The minimum atomic E-state index is -0.777. The lowest BCUT2D eigenvalue weighted by Crippen LogP contribution is -2.41. The first-order chi connectivity index (χ1) is 12.4. The van der Waals surface area contributed by atoms with Crippen LogP contribution in [0.4, 0.5) is 11.4 Å². The van der Waals surface area contributed by atoms with Crippen LogP contribution in [0.2, 0.25) is 5.02 Å². The molecule has 0 saturated carbocycles. The van der Waals surface area contributed by atoms with E-state index in [-0.39, 0.29) is 30.6 Å². The van der Waals surface area contributed by atoms with Crippen LogP contribution in [-0.2, 0) is 9.59 Å². The molecule has 26 heavy (non-hydrogen) atoms. The molecule has 0 fully saturated rings. The molecule has 0 bridgehead atoms.